The summed E-state index contributed by atoms with van der Waals surface area (Å²) in [5.74, 6) is -2.00. The fourth-order valence-electron chi connectivity index (χ4n) is 0.902. The molecule has 8 heteroatoms. The molecule has 0 aliphatic rings. The molecule has 0 unspecified atom stereocenters. The molecule has 5 nitrogen and oxygen atoms in total. The molecular weight excluding hydrogens is 229 g/mol. The summed E-state index contributed by atoms with van der Waals surface area (Å²) in [4.78, 5) is 21.5. The van der Waals surface area contributed by atoms with Gasteiger partial charge in [0.1, 0.15) is 6.04 Å². The van der Waals surface area contributed by atoms with Crippen molar-refractivity contribution in [3.63, 3.8) is 0 Å². The number of alkyl halides is 3. The zero-order chi connectivity index (χ0) is 12.8. The van der Waals surface area contributed by atoms with Gasteiger partial charge in [-0.25, -0.2) is 4.79 Å². The first-order chi connectivity index (χ1) is 7.26. The molecule has 0 fully saturated rings. The Kier molecular flexibility index (Phi) is 5.79. The number of rotatable bonds is 6. The second-order valence-corrected chi connectivity index (χ2v) is 3.09. The van der Waals surface area contributed by atoms with Gasteiger partial charge in [0.15, 0.2) is 0 Å². The highest BCUT2D eigenvalue weighted by molar-refractivity contribution is 5.84. The number of carboxylic acid groups (broad SMARTS) is 1. The minimum atomic E-state index is -4.39. The van der Waals surface area contributed by atoms with Crippen molar-refractivity contribution in [1.29, 1.82) is 0 Å². The van der Waals surface area contributed by atoms with Gasteiger partial charge < -0.3 is 15.7 Å². The van der Waals surface area contributed by atoms with Crippen molar-refractivity contribution in [2.24, 2.45) is 0 Å². The van der Waals surface area contributed by atoms with Gasteiger partial charge in [0.25, 0.3) is 0 Å². The molecular formula is C8H13F3N2O3. The van der Waals surface area contributed by atoms with Crippen LogP contribution in [0.4, 0.5) is 13.2 Å². The Hall–Kier alpha value is -1.31. The first kappa shape index (κ1) is 14.7. The van der Waals surface area contributed by atoms with Crippen LogP contribution in [-0.2, 0) is 9.59 Å². The average molecular weight is 242 g/mol. The summed E-state index contributed by atoms with van der Waals surface area (Å²) in [7, 11) is 0. The van der Waals surface area contributed by atoms with Gasteiger partial charge in [-0.2, -0.15) is 13.2 Å². The maximum Gasteiger partial charge on any atom is 0.401 e. The van der Waals surface area contributed by atoms with Crippen LogP contribution in [0.2, 0.25) is 0 Å². The van der Waals surface area contributed by atoms with Crippen LogP contribution < -0.4 is 10.6 Å². The Morgan fingerprint density at radius 2 is 1.94 bits per heavy atom. The van der Waals surface area contributed by atoms with Gasteiger partial charge in [0, 0.05) is 0 Å². The van der Waals surface area contributed by atoms with Crippen LogP contribution in [0.3, 0.4) is 0 Å². The van der Waals surface area contributed by atoms with Crippen LogP contribution in [0.25, 0.3) is 0 Å². The van der Waals surface area contributed by atoms with E-state index in [2.05, 4.69) is 5.32 Å². The average Bonchev–Trinajstić information content (AvgIpc) is 2.11. The van der Waals surface area contributed by atoms with E-state index in [1.54, 1.807) is 6.92 Å². The molecule has 1 amide bonds. The molecule has 0 aliphatic carbocycles. The smallest absolute Gasteiger partial charge is 0.401 e. The molecule has 0 aromatic heterocycles. The molecule has 0 aromatic carbocycles. The second-order valence-electron chi connectivity index (χ2n) is 3.09. The lowest BCUT2D eigenvalue weighted by atomic mass is 10.2. The molecule has 94 valence electrons. The van der Waals surface area contributed by atoms with Crippen LogP contribution in [0.1, 0.15) is 13.3 Å². The van der Waals surface area contributed by atoms with Crippen molar-refractivity contribution >= 4 is 11.9 Å². The van der Waals surface area contributed by atoms with Crippen molar-refractivity contribution in [3.8, 4) is 0 Å². The summed E-state index contributed by atoms with van der Waals surface area (Å²) in [6, 6.07) is -1.07. The lowest BCUT2D eigenvalue weighted by Crippen LogP contribution is -2.45. The summed E-state index contributed by atoms with van der Waals surface area (Å²) >= 11 is 0. The van der Waals surface area contributed by atoms with Gasteiger partial charge in [0.05, 0.1) is 13.1 Å². The van der Waals surface area contributed by atoms with Gasteiger partial charge in [0.2, 0.25) is 5.91 Å². The fourth-order valence-corrected chi connectivity index (χ4v) is 0.902. The van der Waals surface area contributed by atoms with E-state index in [0.29, 0.717) is 0 Å². The zero-order valence-electron chi connectivity index (χ0n) is 8.60. The topological polar surface area (TPSA) is 78.4 Å². The van der Waals surface area contributed by atoms with Gasteiger partial charge in [-0.3, -0.25) is 4.79 Å². The van der Waals surface area contributed by atoms with Crippen LogP contribution in [-0.4, -0.2) is 42.3 Å². The molecule has 0 saturated heterocycles. The van der Waals surface area contributed by atoms with E-state index in [9.17, 15) is 22.8 Å². The Bertz CT molecular complexity index is 255. The molecule has 0 saturated carbocycles. The Morgan fingerprint density at radius 1 is 1.38 bits per heavy atom. The number of carbonyl (C=O) groups is 2. The maximum atomic E-state index is 11.7. The molecule has 1 atom stereocenters. The van der Waals surface area contributed by atoms with E-state index in [4.69, 9.17) is 5.11 Å². The quantitative estimate of drug-likeness (QED) is 0.618. The first-order valence-corrected chi connectivity index (χ1v) is 4.56. The fraction of sp³-hybridized carbons (Fsp3) is 0.750. The predicted molar refractivity (Wildman–Crippen MR) is 48.8 cm³/mol. The van der Waals surface area contributed by atoms with Gasteiger partial charge in [-0.1, -0.05) is 6.92 Å². The third kappa shape index (κ3) is 7.04. The number of carboxylic acids is 1. The highest BCUT2D eigenvalue weighted by atomic mass is 19.4. The minimum absolute atomic E-state index is 0.167. The number of halogens is 3. The number of amides is 1. The van der Waals surface area contributed by atoms with Crippen LogP contribution in [0.15, 0.2) is 0 Å². The number of aliphatic carboxylic acids is 1. The number of hydrogen-bond acceptors (Lipinski definition) is 3. The summed E-state index contributed by atoms with van der Waals surface area (Å²) in [6.45, 7) is -0.310. The lowest BCUT2D eigenvalue weighted by molar-refractivity contribution is -0.142. The van der Waals surface area contributed by atoms with Gasteiger partial charge in [-0.15, -0.1) is 0 Å². The highest BCUT2D eigenvalue weighted by Gasteiger charge is 2.26. The summed E-state index contributed by atoms with van der Waals surface area (Å²) < 4.78 is 35.0. The van der Waals surface area contributed by atoms with Crippen LogP contribution >= 0.6 is 0 Å². The molecule has 16 heavy (non-hydrogen) atoms. The Morgan fingerprint density at radius 3 is 2.31 bits per heavy atom. The number of hydrogen-bond donors (Lipinski definition) is 3. The largest absolute Gasteiger partial charge is 0.480 e. The molecule has 0 heterocycles. The van der Waals surface area contributed by atoms with Crippen molar-refractivity contribution < 1.29 is 27.9 Å². The molecule has 0 bridgehead atoms. The van der Waals surface area contributed by atoms with E-state index in [1.165, 1.54) is 0 Å². The zero-order valence-corrected chi connectivity index (χ0v) is 8.60. The summed E-state index contributed by atoms with van der Waals surface area (Å²) in [6.07, 6.45) is -4.22. The normalized spacial score (nSPS) is 13.2. The molecule has 0 rings (SSSR count). The SMILES string of the molecule is CC[C@@H](NC(=O)CNCC(F)(F)F)C(=O)O. The molecule has 0 aliphatic heterocycles. The van der Waals surface area contributed by atoms with Crippen molar-refractivity contribution in [3.05, 3.63) is 0 Å². The van der Waals surface area contributed by atoms with E-state index in [1.807, 2.05) is 5.32 Å². The van der Waals surface area contributed by atoms with E-state index in [-0.39, 0.29) is 6.42 Å². The third-order valence-corrected chi connectivity index (χ3v) is 1.65. The third-order valence-electron chi connectivity index (χ3n) is 1.65. The maximum absolute atomic E-state index is 11.7. The van der Waals surface area contributed by atoms with Crippen LogP contribution in [0, 0.1) is 0 Å². The number of nitrogens with one attached hydrogen (secondary N) is 2. The van der Waals surface area contributed by atoms with E-state index >= 15 is 0 Å². The Balaban J connectivity index is 3.86. The summed E-state index contributed by atoms with van der Waals surface area (Å²) in [5.41, 5.74) is 0. The lowest BCUT2D eigenvalue weighted by Gasteiger charge is -2.13. The first-order valence-electron chi connectivity index (χ1n) is 4.56. The standard InChI is InChI=1S/C8H13F3N2O3/c1-2-5(7(15)16)13-6(14)3-12-4-8(9,10)11/h5,12H,2-4H2,1H3,(H,13,14)(H,15,16)/t5-/m1/s1. The summed E-state index contributed by atoms with van der Waals surface area (Å²) in [5, 5.41) is 12.5. The molecule has 0 radical (unpaired) electrons. The highest BCUT2D eigenvalue weighted by Crippen LogP contribution is 2.11. The molecule has 3 N–H and O–H groups in total. The second kappa shape index (κ2) is 6.31. The Labute approximate surface area is 90.0 Å². The van der Waals surface area contributed by atoms with Crippen molar-refractivity contribution in [2.75, 3.05) is 13.1 Å². The van der Waals surface area contributed by atoms with Crippen molar-refractivity contribution in [2.45, 2.75) is 25.6 Å². The monoisotopic (exact) mass is 242 g/mol. The van der Waals surface area contributed by atoms with Crippen molar-refractivity contribution in [1.82, 2.24) is 10.6 Å². The predicted octanol–water partition coefficient (Wildman–Crippen LogP) is 0.118. The van der Waals surface area contributed by atoms with E-state index < -0.39 is 37.2 Å². The van der Waals surface area contributed by atoms with Gasteiger partial charge in [-0.05, 0) is 6.42 Å². The minimum Gasteiger partial charge on any atom is -0.480 e. The van der Waals surface area contributed by atoms with Crippen LogP contribution in [0.5, 0.6) is 0 Å². The van der Waals surface area contributed by atoms with Gasteiger partial charge >= 0.3 is 12.1 Å². The van der Waals surface area contributed by atoms with E-state index in [0.717, 1.165) is 0 Å². The molecule has 0 aromatic rings. The number of carbonyl (C=O) groups excluding carboxylic acids is 1. The molecule has 0 spiro atoms.